The zero-order valence-electron chi connectivity index (χ0n) is 19.0. The summed E-state index contributed by atoms with van der Waals surface area (Å²) in [5.74, 6) is -2.19. The first-order valence-electron chi connectivity index (χ1n) is 11.5. The molecular formula is C28H32F2O2. The second kappa shape index (κ2) is 12.2. The molecule has 4 heteroatoms. The molecule has 0 fully saturated rings. The first-order chi connectivity index (χ1) is 15.6. The number of unbranched alkanes of at least 4 members (excludes halogenated alkanes) is 5. The number of hydrogen-bond acceptors (Lipinski definition) is 2. The molecule has 0 aromatic heterocycles. The van der Waals surface area contributed by atoms with Gasteiger partial charge >= 0.3 is 0 Å². The van der Waals surface area contributed by atoms with Gasteiger partial charge in [0.25, 0.3) is 0 Å². The van der Waals surface area contributed by atoms with E-state index in [-0.39, 0.29) is 18.1 Å². The predicted octanol–water partition coefficient (Wildman–Crippen LogP) is 8.26. The first kappa shape index (κ1) is 23.8. The smallest absolute Gasteiger partial charge is 0.204 e. The molecular weight excluding hydrogens is 406 g/mol. The van der Waals surface area contributed by atoms with Crippen LogP contribution in [0.4, 0.5) is 8.78 Å². The molecule has 0 N–H and O–H groups in total. The van der Waals surface area contributed by atoms with Gasteiger partial charge < -0.3 is 9.47 Å². The van der Waals surface area contributed by atoms with Crippen molar-refractivity contribution < 1.29 is 18.3 Å². The van der Waals surface area contributed by atoms with Crippen LogP contribution >= 0.6 is 0 Å². The monoisotopic (exact) mass is 438 g/mol. The maximum absolute atomic E-state index is 14.4. The van der Waals surface area contributed by atoms with Crippen LogP contribution in [0.15, 0.2) is 60.7 Å². The van der Waals surface area contributed by atoms with Gasteiger partial charge in [0, 0.05) is 0 Å². The molecule has 2 nitrogen and oxygen atoms in total. The normalized spacial score (nSPS) is 10.9. The Hall–Kier alpha value is -2.88. The standard InChI is InChI=1S/C28H32F2O2/c1-3-4-5-6-7-8-19-31-25-17-18-26(28(30)27(25)29)32-20-22-11-15-24(16-12-22)23-13-9-21(2)10-14-23/h9-18H,3-8,19-20H2,1-2H3. The van der Waals surface area contributed by atoms with Crippen molar-refractivity contribution in [1.29, 1.82) is 0 Å². The number of halogens is 2. The molecule has 3 rings (SSSR count). The Bertz CT molecular complexity index is 966. The van der Waals surface area contributed by atoms with E-state index in [0.717, 1.165) is 36.0 Å². The van der Waals surface area contributed by atoms with E-state index in [1.807, 2.05) is 24.3 Å². The number of ether oxygens (including phenoxy) is 2. The van der Waals surface area contributed by atoms with E-state index in [0.29, 0.717) is 6.61 Å². The highest BCUT2D eigenvalue weighted by atomic mass is 19.2. The molecule has 0 saturated heterocycles. The van der Waals surface area contributed by atoms with Crippen molar-refractivity contribution in [2.24, 2.45) is 0 Å². The van der Waals surface area contributed by atoms with Gasteiger partial charge in [0.2, 0.25) is 11.6 Å². The summed E-state index contributed by atoms with van der Waals surface area (Å²) in [7, 11) is 0. The van der Waals surface area contributed by atoms with Crippen LogP contribution in [0.25, 0.3) is 11.1 Å². The molecule has 0 unspecified atom stereocenters. The zero-order valence-corrected chi connectivity index (χ0v) is 19.0. The van der Waals surface area contributed by atoms with E-state index in [2.05, 4.69) is 38.1 Å². The van der Waals surface area contributed by atoms with Gasteiger partial charge in [-0.25, -0.2) is 0 Å². The van der Waals surface area contributed by atoms with Gasteiger partial charge in [-0.2, -0.15) is 8.78 Å². The van der Waals surface area contributed by atoms with E-state index >= 15 is 0 Å². The highest BCUT2D eigenvalue weighted by Crippen LogP contribution is 2.29. The molecule has 0 aliphatic carbocycles. The molecule has 0 atom stereocenters. The van der Waals surface area contributed by atoms with E-state index < -0.39 is 11.6 Å². The highest BCUT2D eigenvalue weighted by molar-refractivity contribution is 5.63. The molecule has 0 aliphatic rings. The average Bonchev–Trinajstić information content (AvgIpc) is 2.81. The lowest BCUT2D eigenvalue weighted by molar-refractivity contribution is 0.265. The summed E-state index contributed by atoms with van der Waals surface area (Å²) < 4.78 is 39.7. The molecule has 3 aromatic rings. The summed E-state index contributed by atoms with van der Waals surface area (Å²) in [6.07, 6.45) is 6.66. The van der Waals surface area contributed by atoms with Gasteiger partial charge in [-0.05, 0) is 42.2 Å². The second-order valence-corrected chi connectivity index (χ2v) is 8.16. The Morgan fingerprint density at radius 1 is 0.625 bits per heavy atom. The van der Waals surface area contributed by atoms with Crippen molar-refractivity contribution in [3.8, 4) is 22.6 Å². The molecule has 0 bridgehead atoms. The Labute approximate surface area is 190 Å². The van der Waals surface area contributed by atoms with Crippen LogP contribution < -0.4 is 9.47 Å². The maximum atomic E-state index is 14.4. The predicted molar refractivity (Wildman–Crippen MR) is 126 cm³/mol. The number of benzene rings is 3. The molecule has 0 radical (unpaired) electrons. The molecule has 0 spiro atoms. The third-order valence-electron chi connectivity index (χ3n) is 5.50. The number of rotatable bonds is 12. The highest BCUT2D eigenvalue weighted by Gasteiger charge is 2.16. The third-order valence-corrected chi connectivity index (χ3v) is 5.50. The number of aryl methyl sites for hydroxylation is 1. The fourth-order valence-electron chi connectivity index (χ4n) is 3.50. The van der Waals surface area contributed by atoms with Crippen molar-refractivity contribution in [1.82, 2.24) is 0 Å². The van der Waals surface area contributed by atoms with Gasteiger partial charge in [0.05, 0.1) is 6.61 Å². The van der Waals surface area contributed by atoms with E-state index in [9.17, 15) is 8.78 Å². The zero-order chi connectivity index (χ0) is 22.8. The van der Waals surface area contributed by atoms with Gasteiger partial charge in [-0.1, -0.05) is 93.1 Å². The Balaban J connectivity index is 1.50. The molecule has 32 heavy (non-hydrogen) atoms. The van der Waals surface area contributed by atoms with Crippen LogP contribution in [0.3, 0.4) is 0 Å². The summed E-state index contributed by atoms with van der Waals surface area (Å²) in [6, 6.07) is 19.0. The van der Waals surface area contributed by atoms with Gasteiger partial charge in [-0.3, -0.25) is 0 Å². The lowest BCUT2D eigenvalue weighted by Crippen LogP contribution is -2.03. The van der Waals surface area contributed by atoms with E-state index in [1.165, 1.54) is 37.0 Å². The fourth-order valence-corrected chi connectivity index (χ4v) is 3.50. The molecule has 3 aromatic carbocycles. The minimum Gasteiger partial charge on any atom is -0.490 e. The van der Waals surface area contributed by atoms with Crippen LogP contribution in [0.1, 0.15) is 56.6 Å². The number of hydrogen-bond donors (Lipinski definition) is 0. The average molecular weight is 439 g/mol. The van der Waals surface area contributed by atoms with Crippen molar-refractivity contribution in [3.63, 3.8) is 0 Å². The molecule has 0 saturated carbocycles. The maximum Gasteiger partial charge on any atom is 0.204 e. The third kappa shape index (κ3) is 6.81. The van der Waals surface area contributed by atoms with Gasteiger partial charge in [-0.15, -0.1) is 0 Å². The molecule has 0 aliphatic heterocycles. The second-order valence-electron chi connectivity index (χ2n) is 8.16. The van der Waals surface area contributed by atoms with Crippen molar-refractivity contribution in [2.75, 3.05) is 6.61 Å². The summed E-state index contributed by atoms with van der Waals surface area (Å²) >= 11 is 0. The van der Waals surface area contributed by atoms with E-state index in [4.69, 9.17) is 9.47 Å². The first-order valence-corrected chi connectivity index (χ1v) is 11.5. The Morgan fingerprint density at radius 2 is 1.16 bits per heavy atom. The van der Waals surface area contributed by atoms with Crippen LogP contribution in [-0.2, 0) is 6.61 Å². The topological polar surface area (TPSA) is 18.5 Å². The quantitative estimate of drug-likeness (QED) is 0.265. The SMILES string of the molecule is CCCCCCCCOc1ccc(OCc2ccc(-c3ccc(C)cc3)cc2)c(F)c1F. The molecule has 170 valence electrons. The van der Waals surface area contributed by atoms with Crippen LogP contribution in [0.5, 0.6) is 11.5 Å². The lowest BCUT2D eigenvalue weighted by atomic mass is 10.0. The minimum atomic E-state index is -1.01. The Kier molecular flexibility index (Phi) is 9.09. The minimum absolute atomic E-state index is 0.0640. The summed E-state index contributed by atoms with van der Waals surface area (Å²) in [5.41, 5.74) is 4.32. The van der Waals surface area contributed by atoms with Crippen LogP contribution in [0, 0.1) is 18.6 Å². The molecule has 0 heterocycles. The van der Waals surface area contributed by atoms with E-state index in [1.54, 1.807) is 0 Å². The Morgan fingerprint density at radius 3 is 1.78 bits per heavy atom. The fraction of sp³-hybridized carbons (Fsp3) is 0.357. The van der Waals surface area contributed by atoms with Crippen molar-refractivity contribution >= 4 is 0 Å². The van der Waals surface area contributed by atoms with Crippen molar-refractivity contribution in [3.05, 3.63) is 83.4 Å². The van der Waals surface area contributed by atoms with Crippen LogP contribution in [0.2, 0.25) is 0 Å². The summed E-state index contributed by atoms with van der Waals surface area (Å²) in [5, 5.41) is 0. The van der Waals surface area contributed by atoms with Crippen LogP contribution in [-0.4, -0.2) is 6.61 Å². The summed E-state index contributed by atoms with van der Waals surface area (Å²) in [6.45, 7) is 4.77. The lowest BCUT2D eigenvalue weighted by Gasteiger charge is -2.12. The summed E-state index contributed by atoms with van der Waals surface area (Å²) in [4.78, 5) is 0. The van der Waals surface area contributed by atoms with Gasteiger partial charge in [0.1, 0.15) is 6.61 Å². The largest absolute Gasteiger partial charge is 0.490 e. The van der Waals surface area contributed by atoms with Gasteiger partial charge in [0.15, 0.2) is 11.5 Å². The molecule has 0 amide bonds. The van der Waals surface area contributed by atoms with Crippen molar-refractivity contribution in [2.45, 2.75) is 59.0 Å².